The van der Waals surface area contributed by atoms with Crippen molar-refractivity contribution in [3.05, 3.63) is 41.5 Å². The molecule has 0 fully saturated rings. The van der Waals surface area contributed by atoms with Gasteiger partial charge in [0.05, 0.1) is 5.92 Å². The molecule has 0 heterocycles. The highest BCUT2D eigenvalue weighted by Crippen LogP contribution is 2.57. The van der Waals surface area contributed by atoms with Crippen LogP contribution in [0.15, 0.2) is 35.9 Å². The Morgan fingerprint density at radius 3 is 1.85 bits per heavy atom. The van der Waals surface area contributed by atoms with Crippen molar-refractivity contribution >= 4 is 11.4 Å². The molecule has 2 rings (SSSR count). The first kappa shape index (κ1) is 21.3. The van der Waals surface area contributed by atoms with E-state index in [0.29, 0.717) is 0 Å². The number of alkyl halides is 9. The summed E-state index contributed by atoms with van der Waals surface area (Å²) >= 11 is 0. The molecule has 0 saturated heterocycles. The van der Waals surface area contributed by atoms with Gasteiger partial charge < -0.3 is 0 Å². The molecular weight excluding hydrogens is 391 g/mol. The molecule has 27 heavy (non-hydrogen) atoms. The fraction of sp³-hybridized carbons (Fsp3) is 0.471. The van der Waals surface area contributed by atoms with E-state index in [0.717, 1.165) is 0 Å². The van der Waals surface area contributed by atoms with E-state index in [4.69, 9.17) is 0 Å². The van der Waals surface area contributed by atoms with E-state index in [2.05, 4.69) is 0 Å². The molecule has 0 aromatic heterocycles. The maximum atomic E-state index is 14.2. The smallest absolute Gasteiger partial charge is 0.294 e. The SMILES string of the molecule is CC1=C(c2ccccc2)C(=O)C(C(F)(F)C(F)(F)C(F)(F)C(F)(F)F)CC1. The topological polar surface area (TPSA) is 17.1 Å². The van der Waals surface area contributed by atoms with Gasteiger partial charge in [-0.2, -0.15) is 39.5 Å². The zero-order valence-corrected chi connectivity index (χ0v) is 13.7. The van der Waals surface area contributed by atoms with Crippen molar-refractivity contribution in [2.75, 3.05) is 0 Å². The van der Waals surface area contributed by atoms with Gasteiger partial charge in [0, 0.05) is 5.57 Å². The van der Waals surface area contributed by atoms with E-state index >= 15 is 0 Å². The highest BCUT2D eigenvalue weighted by atomic mass is 19.4. The molecule has 1 nitrogen and oxygen atoms in total. The molecule has 0 bridgehead atoms. The van der Waals surface area contributed by atoms with Gasteiger partial charge in [-0.05, 0) is 25.3 Å². The Kier molecular flexibility index (Phi) is 5.17. The number of benzene rings is 1. The molecule has 1 atom stereocenters. The highest BCUT2D eigenvalue weighted by Gasteiger charge is 2.83. The van der Waals surface area contributed by atoms with Crippen molar-refractivity contribution in [2.24, 2.45) is 5.92 Å². The number of rotatable bonds is 4. The van der Waals surface area contributed by atoms with Crippen LogP contribution >= 0.6 is 0 Å². The summed E-state index contributed by atoms with van der Waals surface area (Å²) in [6.45, 7) is 1.37. The second kappa shape index (κ2) is 6.56. The first-order valence-corrected chi connectivity index (χ1v) is 7.65. The first-order chi connectivity index (χ1) is 12.2. The maximum Gasteiger partial charge on any atom is 0.460 e. The molecule has 1 unspecified atom stereocenters. The number of allylic oxidation sites excluding steroid dienone is 2. The summed E-state index contributed by atoms with van der Waals surface area (Å²) in [4.78, 5) is 12.4. The first-order valence-electron chi connectivity index (χ1n) is 7.65. The van der Waals surface area contributed by atoms with Gasteiger partial charge in [0.15, 0.2) is 5.78 Å². The van der Waals surface area contributed by atoms with Crippen LogP contribution in [-0.4, -0.2) is 29.7 Å². The number of carbonyl (C=O) groups is 1. The number of Topliss-reactive ketones (excluding diaryl/α,β-unsaturated/α-hetero) is 1. The van der Waals surface area contributed by atoms with E-state index in [1.54, 1.807) is 0 Å². The van der Waals surface area contributed by atoms with E-state index in [1.165, 1.54) is 37.3 Å². The molecule has 0 radical (unpaired) electrons. The monoisotopic (exact) mass is 404 g/mol. The van der Waals surface area contributed by atoms with Crippen LogP contribution < -0.4 is 0 Å². The van der Waals surface area contributed by atoms with Crippen molar-refractivity contribution in [1.29, 1.82) is 0 Å². The third kappa shape index (κ3) is 3.23. The Balaban J connectivity index is 2.50. The van der Waals surface area contributed by atoms with E-state index in [1.807, 2.05) is 0 Å². The lowest BCUT2D eigenvalue weighted by atomic mass is 9.75. The fourth-order valence-corrected chi connectivity index (χ4v) is 2.95. The number of halogens is 9. The quantitative estimate of drug-likeness (QED) is 0.571. The Labute approximate surface area is 147 Å². The lowest BCUT2D eigenvalue weighted by Crippen LogP contribution is -2.64. The molecule has 0 amide bonds. The van der Waals surface area contributed by atoms with Gasteiger partial charge in [0.2, 0.25) is 0 Å². The normalized spacial score (nSPS) is 20.2. The van der Waals surface area contributed by atoms with Crippen molar-refractivity contribution in [2.45, 2.75) is 43.7 Å². The third-order valence-corrected chi connectivity index (χ3v) is 4.47. The fourth-order valence-electron chi connectivity index (χ4n) is 2.95. The van der Waals surface area contributed by atoms with Crippen LogP contribution in [0.25, 0.3) is 5.57 Å². The molecule has 1 aromatic rings. The van der Waals surface area contributed by atoms with E-state index in [9.17, 15) is 44.3 Å². The molecule has 150 valence electrons. The molecular formula is C17H13F9O. The number of hydrogen-bond donors (Lipinski definition) is 0. The molecule has 1 aromatic carbocycles. The van der Waals surface area contributed by atoms with Gasteiger partial charge in [0.25, 0.3) is 0 Å². The molecule has 0 saturated carbocycles. The minimum Gasteiger partial charge on any atom is -0.294 e. The van der Waals surface area contributed by atoms with Gasteiger partial charge in [-0.1, -0.05) is 35.9 Å². The molecule has 10 heteroatoms. The molecule has 1 aliphatic carbocycles. The summed E-state index contributed by atoms with van der Waals surface area (Å²) in [6.07, 6.45) is -8.22. The van der Waals surface area contributed by atoms with Crippen LogP contribution in [0.4, 0.5) is 39.5 Å². The minimum absolute atomic E-state index is 0.0893. The van der Waals surface area contributed by atoms with Gasteiger partial charge in [-0.15, -0.1) is 0 Å². The Morgan fingerprint density at radius 1 is 0.852 bits per heavy atom. The average molecular weight is 404 g/mol. The number of carbonyl (C=O) groups excluding carboxylic acids is 1. The van der Waals surface area contributed by atoms with Crippen LogP contribution in [-0.2, 0) is 4.79 Å². The largest absolute Gasteiger partial charge is 0.460 e. The molecule has 1 aliphatic rings. The highest BCUT2D eigenvalue weighted by molar-refractivity contribution is 6.23. The van der Waals surface area contributed by atoms with Crippen LogP contribution in [0.1, 0.15) is 25.3 Å². The zero-order valence-electron chi connectivity index (χ0n) is 13.7. The van der Waals surface area contributed by atoms with Crippen LogP contribution in [0.3, 0.4) is 0 Å². The number of hydrogen-bond acceptors (Lipinski definition) is 1. The predicted octanol–water partition coefficient (Wildman–Crippen LogP) is 5.91. The summed E-state index contributed by atoms with van der Waals surface area (Å²) in [5, 5.41) is 0. The van der Waals surface area contributed by atoms with Crippen molar-refractivity contribution in [3.8, 4) is 0 Å². The second-order valence-electron chi connectivity index (χ2n) is 6.25. The Bertz CT molecular complexity index is 747. The summed E-state index contributed by atoms with van der Waals surface area (Å²) in [5.41, 5.74) is -0.0341. The summed E-state index contributed by atoms with van der Waals surface area (Å²) in [5.74, 6) is -24.3. The Hall–Kier alpha value is -2.00. The van der Waals surface area contributed by atoms with E-state index < -0.39 is 42.1 Å². The van der Waals surface area contributed by atoms with E-state index in [-0.39, 0.29) is 23.1 Å². The van der Waals surface area contributed by atoms with Crippen LogP contribution in [0.5, 0.6) is 0 Å². The second-order valence-corrected chi connectivity index (χ2v) is 6.25. The lowest BCUT2D eigenvalue weighted by molar-refractivity contribution is -0.401. The summed E-state index contributed by atoms with van der Waals surface area (Å²) in [7, 11) is 0. The van der Waals surface area contributed by atoms with Crippen molar-refractivity contribution in [1.82, 2.24) is 0 Å². The number of ketones is 1. The predicted molar refractivity (Wildman–Crippen MR) is 77.7 cm³/mol. The maximum absolute atomic E-state index is 14.2. The van der Waals surface area contributed by atoms with Crippen molar-refractivity contribution < 1.29 is 44.3 Å². The standard InChI is InChI=1S/C17H13F9O/c1-9-7-8-11(13(27)12(9)10-5-3-2-4-6-10)14(18,19)15(20,21)16(22,23)17(24,25)26/h2-6,11H,7-8H2,1H3. The minimum atomic E-state index is -7.01. The van der Waals surface area contributed by atoms with Crippen LogP contribution in [0.2, 0.25) is 0 Å². The zero-order chi connectivity index (χ0) is 20.8. The summed E-state index contributed by atoms with van der Waals surface area (Å²) in [6, 6.07) is 7.02. The van der Waals surface area contributed by atoms with Crippen molar-refractivity contribution in [3.63, 3.8) is 0 Å². The van der Waals surface area contributed by atoms with Gasteiger partial charge >= 0.3 is 23.9 Å². The van der Waals surface area contributed by atoms with Gasteiger partial charge in [-0.3, -0.25) is 4.79 Å². The van der Waals surface area contributed by atoms with Gasteiger partial charge in [-0.25, -0.2) is 0 Å². The van der Waals surface area contributed by atoms with Crippen LogP contribution in [0, 0.1) is 5.92 Å². The lowest BCUT2D eigenvalue weighted by Gasteiger charge is -2.38. The molecule has 0 N–H and O–H groups in total. The summed E-state index contributed by atoms with van der Waals surface area (Å²) < 4.78 is 119. The third-order valence-electron chi connectivity index (χ3n) is 4.47. The van der Waals surface area contributed by atoms with Gasteiger partial charge in [0.1, 0.15) is 0 Å². The molecule has 0 aliphatic heterocycles. The molecule has 0 spiro atoms. The average Bonchev–Trinajstić information content (AvgIpc) is 2.54. The Morgan fingerprint density at radius 2 is 1.37 bits per heavy atom.